The summed E-state index contributed by atoms with van der Waals surface area (Å²) in [6.07, 6.45) is 4.56. The van der Waals surface area contributed by atoms with Crippen LogP contribution >= 0.6 is 23.2 Å². The van der Waals surface area contributed by atoms with E-state index in [2.05, 4.69) is 18.9 Å². The van der Waals surface area contributed by atoms with Crippen LogP contribution in [0.15, 0.2) is 0 Å². The molecular formula is C15H24Cl2N2. The Bertz CT molecular complexity index is 440. The van der Waals surface area contributed by atoms with Gasteiger partial charge in [-0.2, -0.15) is 5.10 Å². The number of halogens is 2. The summed E-state index contributed by atoms with van der Waals surface area (Å²) < 4.78 is 1.92. The Kier molecular flexibility index (Phi) is 4.84. The van der Waals surface area contributed by atoms with Crippen molar-refractivity contribution in [3.63, 3.8) is 0 Å². The lowest BCUT2D eigenvalue weighted by Crippen LogP contribution is -2.30. The summed E-state index contributed by atoms with van der Waals surface area (Å²) in [5.74, 6) is 2.07. The summed E-state index contributed by atoms with van der Waals surface area (Å²) >= 11 is 12.9. The zero-order valence-corrected chi connectivity index (χ0v) is 13.8. The molecule has 4 heteroatoms. The first-order valence-corrected chi connectivity index (χ1v) is 8.03. The van der Waals surface area contributed by atoms with Crippen LogP contribution in [0.5, 0.6) is 0 Å². The Balaban J connectivity index is 2.12. The summed E-state index contributed by atoms with van der Waals surface area (Å²) in [5, 5.41) is 5.49. The van der Waals surface area contributed by atoms with Crippen LogP contribution in [0.1, 0.15) is 44.5 Å². The molecule has 1 heterocycles. The van der Waals surface area contributed by atoms with Gasteiger partial charge in [-0.15, -0.1) is 11.6 Å². The Labute approximate surface area is 126 Å². The highest BCUT2D eigenvalue weighted by Gasteiger charge is 2.32. The molecule has 1 aliphatic rings. The van der Waals surface area contributed by atoms with Crippen molar-refractivity contribution in [3.05, 3.63) is 16.4 Å². The minimum Gasteiger partial charge on any atom is -0.271 e. The van der Waals surface area contributed by atoms with Gasteiger partial charge in [0.15, 0.2) is 0 Å². The molecule has 3 unspecified atom stereocenters. The molecule has 108 valence electrons. The van der Waals surface area contributed by atoms with Crippen molar-refractivity contribution in [2.24, 2.45) is 24.8 Å². The van der Waals surface area contributed by atoms with Crippen molar-refractivity contribution in [2.75, 3.05) is 0 Å². The van der Waals surface area contributed by atoms with Crippen LogP contribution in [-0.2, 0) is 13.5 Å². The number of aromatic nitrogens is 2. The number of aryl methyl sites for hydroxylation is 2. The van der Waals surface area contributed by atoms with Gasteiger partial charge in [-0.05, 0) is 50.4 Å². The van der Waals surface area contributed by atoms with Crippen molar-refractivity contribution < 1.29 is 0 Å². The molecule has 0 saturated heterocycles. The monoisotopic (exact) mass is 302 g/mol. The smallest absolute Gasteiger partial charge is 0.0847 e. The third-order valence-corrected chi connectivity index (χ3v) is 5.66. The number of alkyl halides is 1. The van der Waals surface area contributed by atoms with E-state index in [0.717, 1.165) is 41.1 Å². The lowest BCUT2D eigenvalue weighted by Gasteiger charge is -2.35. The second-order valence-electron chi connectivity index (χ2n) is 6.27. The van der Waals surface area contributed by atoms with E-state index in [1.54, 1.807) is 0 Å². The second kappa shape index (κ2) is 6.05. The van der Waals surface area contributed by atoms with Gasteiger partial charge in [0.1, 0.15) is 0 Å². The Morgan fingerprint density at radius 3 is 2.58 bits per heavy atom. The molecule has 19 heavy (non-hydrogen) atoms. The lowest BCUT2D eigenvalue weighted by atomic mass is 9.74. The molecule has 1 aromatic heterocycles. The molecule has 1 aliphatic carbocycles. The highest BCUT2D eigenvalue weighted by atomic mass is 35.5. The maximum atomic E-state index is 6.54. The number of hydrogen-bond acceptors (Lipinski definition) is 1. The fourth-order valence-electron chi connectivity index (χ4n) is 3.23. The van der Waals surface area contributed by atoms with Gasteiger partial charge in [0.05, 0.1) is 16.4 Å². The van der Waals surface area contributed by atoms with Gasteiger partial charge in [-0.3, -0.25) is 4.68 Å². The van der Waals surface area contributed by atoms with Crippen LogP contribution in [0.3, 0.4) is 0 Å². The molecule has 0 radical (unpaired) electrons. The van der Waals surface area contributed by atoms with Crippen LogP contribution in [0.2, 0.25) is 5.02 Å². The highest BCUT2D eigenvalue weighted by molar-refractivity contribution is 6.31. The van der Waals surface area contributed by atoms with E-state index in [-0.39, 0.29) is 5.38 Å². The standard InChI is InChI=1S/C15H24Cl2N2/c1-9(2)11-5-6-13(16)12(7-11)8-14-15(17)10(3)18-19(14)4/h9,11-13H,5-8H2,1-4H3. The minimum atomic E-state index is 0.279. The first-order valence-electron chi connectivity index (χ1n) is 7.22. The van der Waals surface area contributed by atoms with E-state index in [0.29, 0.717) is 5.92 Å². The molecule has 0 bridgehead atoms. The Hall–Kier alpha value is -0.210. The fraction of sp³-hybridized carbons (Fsp3) is 0.800. The summed E-state index contributed by atoms with van der Waals surface area (Å²) in [7, 11) is 1.97. The van der Waals surface area contributed by atoms with Gasteiger partial charge in [-0.25, -0.2) is 0 Å². The third-order valence-electron chi connectivity index (χ3n) is 4.59. The van der Waals surface area contributed by atoms with Crippen LogP contribution in [-0.4, -0.2) is 15.2 Å². The fourth-order valence-corrected chi connectivity index (χ4v) is 3.79. The zero-order chi connectivity index (χ0) is 14.2. The van der Waals surface area contributed by atoms with Gasteiger partial charge in [0.25, 0.3) is 0 Å². The first-order chi connectivity index (χ1) is 8.90. The average molecular weight is 303 g/mol. The van der Waals surface area contributed by atoms with E-state index in [1.165, 1.54) is 12.8 Å². The predicted octanol–water partition coefficient (Wildman–Crippen LogP) is 4.60. The van der Waals surface area contributed by atoms with Crippen molar-refractivity contribution in [1.82, 2.24) is 9.78 Å². The number of rotatable bonds is 3. The molecule has 1 aromatic rings. The van der Waals surface area contributed by atoms with E-state index >= 15 is 0 Å². The SMILES string of the molecule is Cc1nn(C)c(CC2CC(C(C)C)CCC2Cl)c1Cl. The quantitative estimate of drug-likeness (QED) is 0.746. The highest BCUT2D eigenvalue weighted by Crippen LogP contribution is 2.39. The molecular weight excluding hydrogens is 279 g/mol. The van der Waals surface area contributed by atoms with Crippen molar-refractivity contribution >= 4 is 23.2 Å². The average Bonchev–Trinajstić information content (AvgIpc) is 2.58. The first kappa shape index (κ1) is 15.2. The Morgan fingerprint density at radius 1 is 1.37 bits per heavy atom. The van der Waals surface area contributed by atoms with Gasteiger partial charge in [-0.1, -0.05) is 25.4 Å². The van der Waals surface area contributed by atoms with E-state index < -0.39 is 0 Å². The van der Waals surface area contributed by atoms with Gasteiger partial charge < -0.3 is 0 Å². The molecule has 2 rings (SSSR count). The van der Waals surface area contributed by atoms with Crippen LogP contribution in [0.4, 0.5) is 0 Å². The maximum absolute atomic E-state index is 6.54. The van der Waals surface area contributed by atoms with Gasteiger partial charge in [0.2, 0.25) is 0 Å². The molecule has 0 aliphatic heterocycles. The largest absolute Gasteiger partial charge is 0.271 e. The lowest BCUT2D eigenvalue weighted by molar-refractivity contribution is 0.216. The molecule has 0 N–H and O–H groups in total. The van der Waals surface area contributed by atoms with Crippen molar-refractivity contribution in [2.45, 2.75) is 51.8 Å². The molecule has 2 nitrogen and oxygen atoms in total. The molecule has 3 atom stereocenters. The second-order valence-corrected chi connectivity index (χ2v) is 7.21. The molecule has 0 amide bonds. The normalized spacial score (nSPS) is 28.1. The summed E-state index contributed by atoms with van der Waals surface area (Å²) in [5.41, 5.74) is 2.06. The van der Waals surface area contributed by atoms with E-state index in [9.17, 15) is 0 Å². The third kappa shape index (κ3) is 3.28. The predicted molar refractivity (Wildman–Crippen MR) is 82.0 cm³/mol. The van der Waals surface area contributed by atoms with Crippen LogP contribution in [0, 0.1) is 24.7 Å². The topological polar surface area (TPSA) is 17.8 Å². The van der Waals surface area contributed by atoms with Crippen LogP contribution < -0.4 is 0 Å². The van der Waals surface area contributed by atoms with E-state index in [1.807, 2.05) is 18.7 Å². The summed E-state index contributed by atoms with van der Waals surface area (Å²) in [4.78, 5) is 0. The summed E-state index contributed by atoms with van der Waals surface area (Å²) in [6.45, 7) is 6.59. The van der Waals surface area contributed by atoms with Gasteiger partial charge >= 0.3 is 0 Å². The molecule has 1 saturated carbocycles. The minimum absolute atomic E-state index is 0.279. The number of nitrogens with zero attached hydrogens (tertiary/aromatic N) is 2. The van der Waals surface area contributed by atoms with Gasteiger partial charge in [0, 0.05) is 12.4 Å². The molecule has 0 aromatic carbocycles. The Morgan fingerprint density at radius 2 is 2.05 bits per heavy atom. The zero-order valence-electron chi connectivity index (χ0n) is 12.3. The number of hydrogen-bond donors (Lipinski definition) is 0. The maximum Gasteiger partial charge on any atom is 0.0847 e. The van der Waals surface area contributed by atoms with Crippen molar-refractivity contribution in [1.29, 1.82) is 0 Å². The van der Waals surface area contributed by atoms with Crippen LogP contribution in [0.25, 0.3) is 0 Å². The summed E-state index contributed by atoms with van der Waals surface area (Å²) in [6, 6.07) is 0. The molecule has 0 spiro atoms. The molecule has 1 fully saturated rings. The van der Waals surface area contributed by atoms with Crippen molar-refractivity contribution in [3.8, 4) is 0 Å². The van der Waals surface area contributed by atoms with E-state index in [4.69, 9.17) is 23.2 Å².